The van der Waals surface area contributed by atoms with Gasteiger partial charge in [-0.3, -0.25) is 4.79 Å². The Morgan fingerprint density at radius 1 is 1.17 bits per heavy atom. The molecule has 0 atom stereocenters. The van der Waals surface area contributed by atoms with Gasteiger partial charge in [-0.25, -0.2) is 4.98 Å². The predicted octanol–water partition coefficient (Wildman–Crippen LogP) is 3.54. The van der Waals surface area contributed by atoms with Crippen molar-refractivity contribution in [3.05, 3.63) is 87.4 Å². The molecular weight excluding hydrogens is 318 g/mol. The van der Waals surface area contributed by atoms with Gasteiger partial charge in [0.2, 0.25) is 0 Å². The van der Waals surface area contributed by atoms with Gasteiger partial charge in [0.25, 0.3) is 5.91 Å². The van der Waals surface area contributed by atoms with E-state index in [1.807, 2.05) is 29.6 Å². The van der Waals surface area contributed by atoms with E-state index < -0.39 is 0 Å². The number of carbonyl (C=O) groups excluding carboxylic acids is 1. The molecule has 0 aliphatic heterocycles. The first-order chi connectivity index (χ1) is 11.7. The van der Waals surface area contributed by atoms with Crippen LogP contribution < -0.4 is 5.32 Å². The lowest BCUT2D eigenvalue weighted by atomic mass is 10.1. The van der Waals surface area contributed by atoms with Gasteiger partial charge in [0.05, 0.1) is 28.9 Å². The molecule has 0 aliphatic rings. The van der Waals surface area contributed by atoms with Gasteiger partial charge in [-0.15, -0.1) is 11.3 Å². The first kappa shape index (κ1) is 15.9. The predicted molar refractivity (Wildman–Crippen MR) is 93.7 cm³/mol. The molecule has 0 radical (unpaired) electrons. The number of amides is 1. The molecule has 24 heavy (non-hydrogen) atoms. The number of nitrogens with one attached hydrogen (secondary N) is 1. The number of benzene rings is 2. The van der Waals surface area contributed by atoms with E-state index in [9.17, 15) is 4.79 Å². The van der Waals surface area contributed by atoms with E-state index in [2.05, 4.69) is 22.4 Å². The zero-order valence-corrected chi connectivity index (χ0v) is 13.7. The molecule has 118 valence electrons. The summed E-state index contributed by atoms with van der Waals surface area (Å²) in [6.07, 6.45) is 0.795. The number of rotatable bonds is 5. The van der Waals surface area contributed by atoms with E-state index in [1.54, 1.807) is 35.6 Å². The number of carbonyl (C=O) groups is 1. The van der Waals surface area contributed by atoms with Crippen LogP contribution in [0.3, 0.4) is 0 Å². The largest absolute Gasteiger partial charge is 0.346 e. The maximum absolute atomic E-state index is 12.1. The summed E-state index contributed by atoms with van der Waals surface area (Å²) in [7, 11) is 0. The molecule has 2 aromatic carbocycles. The number of hydrogen-bond acceptors (Lipinski definition) is 4. The fraction of sp³-hybridized carbons (Fsp3) is 0.105. The highest BCUT2D eigenvalue weighted by Gasteiger charge is 2.08. The number of thiazole rings is 1. The summed E-state index contributed by atoms with van der Waals surface area (Å²) in [6.45, 7) is 0.376. The molecule has 0 bridgehead atoms. The highest BCUT2D eigenvalue weighted by Crippen LogP contribution is 2.15. The molecule has 1 N–H and O–H groups in total. The number of nitrogens with zero attached hydrogens (tertiary/aromatic N) is 2. The van der Waals surface area contributed by atoms with Crippen LogP contribution in [0.25, 0.3) is 0 Å². The van der Waals surface area contributed by atoms with Crippen molar-refractivity contribution in [2.24, 2.45) is 0 Å². The van der Waals surface area contributed by atoms with Crippen LogP contribution in [0.15, 0.2) is 60.0 Å². The summed E-state index contributed by atoms with van der Waals surface area (Å²) in [6, 6.07) is 18.9. The van der Waals surface area contributed by atoms with E-state index in [-0.39, 0.29) is 5.91 Å². The molecule has 0 aliphatic carbocycles. The van der Waals surface area contributed by atoms with E-state index in [0.29, 0.717) is 17.7 Å². The minimum Gasteiger partial charge on any atom is -0.346 e. The number of nitriles is 1. The lowest BCUT2D eigenvalue weighted by Crippen LogP contribution is -2.23. The Bertz CT molecular complexity index is 881. The van der Waals surface area contributed by atoms with Crippen LogP contribution in [0.5, 0.6) is 0 Å². The highest BCUT2D eigenvalue weighted by atomic mass is 32.1. The molecule has 3 rings (SSSR count). The summed E-state index contributed by atoms with van der Waals surface area (Å²) < 4.78 is 0. The van der Waals surface area contributed by atoms with Crippen LogP contribution in [-0.4, -0.2) is 10.9 Å². The van der Waals surface area contributed by atoms with Crippen molar-refractivity contribution in [3.8, 4) is 6.07 Å². The van der Waals surface area contributed by atoms with Crippen LogP contribution in [0.4, 0.5) is 0 Å². The summed E-state index contributed by atoms with van der Waals surface area (Å²) in [5.41, 5.74) is 3.02. The molecule has 5 heteroatoms. The van der Waals surface area contributed by atoms with E-state index >= 15 is 0 Å². The smallest absolute Gasteiger partial charge is 0.251 e. The van der Waals surface area contributed by atoms with Crippen LogP contribution >= 0.6 is 11.3 Å². The van der Waals surface area contributed by atoms with E-state index in [1.165, 1.54) is 5.56 Å². The van der Waals surface area contributed by atoms with Gasteiger partial charge < -0.3 is 5.32 Å². The Balaban J connectivity index is 1.59. The van der Waals surface area contributed by atoms with Crippen molar-refractivity contribution in [2.45, 2.75) is 13.0 Å². The lowest BCUT2D eigenvalue weighted by molar-refractivity contribution is 0.0950. The van der Waals surface area contributed by atoms with Crippen molar-refractivity contribution in [2.75, 3.05) is 0 Å². The Kier molecular flexibility index (Phi) is 4.99. The second-order valence-electron chi connectivity index (χ2n) is 5.27. The maximum atomic E-state index is 12.1. The molecule has 0 spiro atoms. The standard InChI is InChI=1S/C19H15N3OS/c20-11-15-7-4-8-16(9-15)19(23)21-12-17-13-24-18(22-17)10-14-5-2-1-3-6-14/h1-9,13H,10,12H2,(H,21,23). The number of hydrogen-bond donors (Lipinski definition) is 1. The van der Waals surface area contributed by atoms with Gasteiger partial charge in [0, 0.05) is 17.4 Å². The molecule has 4 nitrogen and oxygen atoms in total. The topological polar surface area (TPSA) is 65.8 Å². The van der Waals surface area contributed by atoms with Crippen molar-refractivity contribution < 1.29 is 4.79 Å². The minimum atomic E-state index is -0.204. The van der Waals surface area contributed by atoms with E-state index in [4.69, 9.17) is 5.26 Å². The second kappa shape index (κ2) is 7.53. The SMILES string of the molecule is N#Cc1cccc(C(=O)NCc2csc(Cc3ccccc3)n2)c1. The third kappa shape index (κ3) is 4.06. The molecule has 0 unspecified atom stereocenters. The van der Waals surface area contributed by atoms with Gasteiger partial charge in [0.15, 0.2) is 0 Å². The van der Waals surface area contributed by atoms with Crippen molar-refractivity contribution in [3.63, 3.8) is 0 Å². The average Bonchev–Trinajstić information content (AvgIpc) is 3.08. The third-order valence-electron chi connectivity index (χ3n) is 3.48. The highest BCUT2D eigenvalue weighted by molar-refractivity contribution is 7.09. The van der Waals surface area contributed by atoms with Crippen LogP contribution in [0.1, 0.15) is 32.2 Å². The normalized spacial score (nSPS) is 10.1. The molecule has 0 saturated heterocycles. The molecule has 3 aromatic rings. The third-order valence-corrected chi connectivity index (χ3v) is 4.38. The monoisotopic (exact) mass is 333 g/mol. The van der Waals surface area contributed by atoms with Crippen LogP contribution in [-0.2, 0) is 13.0 Å². The van der Waals surface area contributed by atoms with E-state index in [0.717, 1.165) is 17.1 Å². The Morgan fingerprint density at radius 2 is 2.00 bits per heavy atom. The van der Waals surface area contributed by atoms with Gasteiger partial charge in [-0.05, 0) is 23.8 Å². The van der Waals surface area contributed by atoms with Crippen molar-refractivity contribution >= 4 is 17.2 Å². The first-order valence-corrected chi connectivity index (χ1v) is 8.38. The zero-order valence-electron chi connectivity index (χ0n) is 12.9. The first-order valence-electron chi connectivity index (χ1n) is 7.50. The van der Waals surface area contributed by atoms with Crippen molar-refractivity contribution in [1.29, 1.82) is 5.26 Å². The fourth-order valence-corrected chi connectivity index (χ4v) is 3.11. The van der Waals surface area contributed by atoms with Gasteiger partial charge in [-0.1, -0.05) is 36.4 Å². The molecule has 1 heterocycles. The summed E-state index contributed by atoms with van der Waals surface area (Å²) in [4.78, 5) is 16.7. The van der Waals surface area contributed by atoms with Crippen LogP contribution in [0, 0.1) is 11.3 Å². The Labute approximate surface area is 144 Å². The second-order valence-corrected chi connectivity index (χ2v) is 6.21. The molecule has 0 fully saturated rings. The average molecular weight is 333 g/mol. The Hall–Kier alpha value is -2.97. The summed E-state index contributed by atoms with van der Waals surface area (Å²) in [5.74, 6) is -0.204. The fourth-order valence-electron chi connectivity index (χ4n) is 2.28. The van der Waals surface area contributed by atoms with Gasteiger partial charge in [0.1, 0.15) is 0 Å². The van der Waals surface area contributed by atoms with Crippen LogP contribution in [0.2, 0.25) is 0 Å². The van der Waals surface area contributed by atoms with Gasteiger partial charge >= 0.3 is 0 Å². The maximum Gasteiger partial charge on any atom is 0.251 e. The minimum absolute atomic E-state index is 0.204. The molecule has 1 amide bonds. The molecule has 0 saturated carbocycles. The Morgan fingerprint density at radius 3 is 2.79 bits per heavy atom. The number of aromatic nitrogens is 1. The lowest BCUT2D eigenvalue weighted by Gasteiger charge is -2.03. The quantitative estimate of drug-likeness (QED) is 0.777. The van der Waals surface area contributed by atoms with Gasteiger partial charge in [-0.2, -0.15) is 5.26 Å². The zero-order chi connectivity index (χ0) is 16.8. The molecule has 1 aromatic heterocycles. The summed E-state index contributed by atoms with van der Waals surface area (Å²) in [5, 5.41) is 14.7. The van der Waals surface area contributed by atoms with Crippen molar-refractivity contribution in [1.82, 2.24) is 10.3 Å². The molecular formula is C19H15N3OS. The summed E-state index contributed by atoms with van der Waals surface area (Å²) >= 11 is 1.59.